The molecule has 0 spiro atoms. The second kappa shape index (κ2) is 7.29. The van der Waals surface area contributed by atoms with Crippen LogP contribution in [0.4, 0.5) is 10.5 Å². The molecule has 2 aromatic rings. The lowest BCUT2D eigenvalue weighted by Crippen LogP contribution is -2.37. The van der Waals surface area contributed by atoms with Gasteiger partial charge in [-0.25, -0.2) is 13.2 Å². The summed E-state index contributed by atoms with van der Waals surface area (Å²) in [6, 6.07) is 13.5. The number of carbonyl (C=O) groups excluding carboxylic acids is 1. The van der Waals surface area contributed by atoms with E-state index in [2.05, 4.69) is 0 Å². The van der Waals surface area contributed by atoms with Crippen LogP contribution in [0.1, 0.15) is 12.5 Å². The third kappa shape index (κ3) is 3.44. The molecule has 4 rings (SSSR count). The maximum atomic E-state index is 13.2. The predicted molar refractivity (Wildman–Crippen MR) is 109 cm³/mol. The van der Waals surface area contributed by atoms with Crippen LogP contribution in [-0.4, -0.2) is 49.5 Å². The number of amides is 2. The van der Waals surface area contributed by atoms with E-state index in [1.165, 1.54) is 0 Å². The minimum absolute atomic E-state index is 0.0264. The minimum Gasteiger partial charge on any atom is -0.494 e. The van der Waals surface area contributed by atoms with Gasteiger partial charge in [-0.3, -0.25) is 4.90 Å². The van der Waals surface area contributed by atoms with Crippen LogP contribution < -0.4 is 9.64 Å². The van der Waals surface area contributed by atoms with Crippen LogP contribution in [0.25, 0.3) is 0 Å². The Kier molecular flexibility index (Phi) is 4.97. The Morgan fingerprint density at radius 3 is 2.43 bits per heavy atom. The van der Waals surface area contributed by atoms with E-state index in [1.807, 2.05) is 25.1 Å². The molecule has 2 saturated heterocycles. The first kappa shape index (κ1) is 19.1. The van der Waals surface area contributed by atoms with Gasteiger partial charge >= 0.3 is 6.03 Å². The molecule has 0 aliphatic carbocycles. The summed E-state index contributed by atoms with van der Waals surface area (Å²) in [5, 5.41) is 0.562. The highest BCUT2D eigenvalue weighted by Gasteiger charge is 2.53. The fourth-order valence-electron chi connectivity index (χ4n) is 3.94. The summed E-state index contributed by atoms with van der Waals surface area (Å²) in [6.07, 6.45) is 0. The highest BCUT2D eigenvalue weighted by atomic mass is 35.5. The van der Waals surface area contributed by atoms with Gasteiger partial charge in [0.2, 0.25) is 0 Å². The summed E-state index contributed by atoms with van der Waals surface area (Å²) >= 11 is 6.27. The van der Waals surface area contributed by atoms with Crippen molar-refractivity contribution in [2.45, 2.75) is 25.6 Å². The maximum Gasteiger partial charge on any atom is 0.325 e. The van der Waals surface area contributed by atoms with Gasteiger partial charge in [0.1, 0.15) is 5.75 Å². The molecule has 0 unspecified atom stereocenters. The molecular formula is C20H21ClN2O4S. The molecule has 0 bridgehead atoms. The second-order valence-corrected chi connectivity index (χ2v) is 9.57. The van der Waals surface area contributed by atoms with Crippen molar-refractivity contribution >= 4 is 33.2 Å². The number of nitrogens with zero attached hydrogens (tertiary/aromatic N) is 2. The topological polar surface area (TPSA) is 66.9 Å². The van der Waals surface area contributed by atoms with Crippen molar-refractivity contribution in [3.8, 4) is 5.75 Å². The lowest BCUT2D eigenvalue weighted by Gasteiger charge is -2.23. The van der Waals surface area contributed by atoms with Crippen molar-refractivity contribution < 1.29 is 17.9 Å². The third-order valence-electron chi connectivity index (χ3n) is 5.20. The number of hydrogen-bond acceptors (Lipinski definition) is 4. The lowest BCUT2D eigenvalue weighted by molar-refractivity contribution is 0.206. The Labute approximate surface area is 169 Å². The van der Waals surface area contributed by atoms with Crippen LogP contribution in [0, 0.1) is 0 Å². The van der Waals surface area contributed by atoms with Gasteiger partial charge < -0.3 is 9.64 Å². The number of ether oxygens (including phenoxy) is 1. The molecule has 0 saturated carbocycles. The molecule has 2 aliphatic rings. The number of halogens is 1. The molecule has 2 atom stereocenters. The van der Waals surface area contributed by atoms with Gasteiger partial charge in [0.25, 0.3) is 0 Å². The summed E-state index contributed by atoms with van der Waals surface area (Å²) in [4.78, 5) is 16.5. The third-order valence-corrected chi connectivity index (χ3v) is 7.27. The number of anilines is 1. The van der Waals surface area contributed by atoms with E-state index >= 15 is 0 Å². The Hall–Kier alpha value is -2.25. The van der Waals surface area contributed by atoms with Gasteiger partial charge in [0.05, 0.1) is 30.2 Å². The number of rotatable bonds is 5. The Bertz CT molecular complexity index is 994. The van der Waals surface area contributed by atoms with Crippen LogP contribution in [0.3, 0.4) is 0 Å². The van der Waals surface area contributed by atoms with Gasteiger partial charge in [-0.2, -0.15) is 0 Å². The van der Waals surface area contributed by atoms with Crippen LogP contribution in [0.15, 0.2) is 48.5 Å². The van der Waals surface area contributed by atoms with Crippen LogP contribution in [-0.2, 0) is 16.4 Å². The second-order valence-electron chi connectivity index (χ2n) is 7.01. The zero-order valence-electron chi connectivity index (χ0n) is 15.4. The normalized spacial score (nSPS) is 23.1. The molecule has 0 N–H and O–H groups in total. The van der Waals surface area contributed by atoms with Crippen molar-refractivity contribution in [2.24, 2.45) is 0 Å². The Balaban J connectivity index is 1.67. The van der Waals surface area contributed by atoms with E-state index in [1.54, 1.807) is 40.1 Å². The summed E-state index contributed by atoms with van der Waals surface area (Å²) in [5.74, 6) is 0.651. The number of fused-ring (bicyclic) bond motifs is 1. The monoisotopic (exact) mass is 420 g/mol. The molecule has 8 heteroatoms. The molecule has 148 valence electrons. The summed E-state index contributed by atoms with van der Waals surface area (Å²) in [5.41, 5.74) is 1.47. The molecule has 28 heavy (non-hydrogen) atoms. The van der Waals surface area contributed by atoms with Gasteiger partial charge in [0, 0.05) is 17.3 Å². The van der Waals surface area contributed by atoms with Crippen molar-refractivity contribution in [3.63, 3.8) is 0 Å². The molecule has 0 radical (unpaired) electrons. The quantitative estimate of drug-likeness (QED) is 0.696. The van der Waals surface area contributed by atoms with Crippen molar-refractivity contribution in [1.82, 2.24) is 4.90 Å². The van der Waals surface area contributed by atoms with Crippen molar-refractivity contribution in [1.29, 1.82) is 0 Å². The number of sulfone groups is 1. The molecule has 2 aliphatic heterocycles. The average Bonchev–Trinajstić information content (AvgIpc) is 3.08. The summed E-state index contributed by atoms with van der Waals surface area (Å²) < 4.78 is 30.1. The van der Waals surface area contributed by atoms with Crippen LogP contribution >= 0.6 is 11.6 Å². The van der Waals surface area contributed by atoms with E-state index < -0.39 is 15.9 Å². The minimum atomic E-state index is -3.22. The van der Waals surface area contributed by atoms with Crippen LogP contribution in [0.5, 0.6) is 5.75 Å². The molecular weight excluding hydrogens is 400 g/mol. The van der Waals surface area contributed by atoms with Gasteiger partial charge in [-0.15, -0.1) is 0 Å². The van der Waals surface area contributed by atoms with Crippen LogP contribution in [0.2, 0.25) is 5.02 Å². The zero-order valence-corrected chi connectivity index (χ0v) is 17.0. The average molecular weight is 421 g/mol. The first-order valence-corrected chi connectivity index (χ1v) is 11.4. The molecule has 2 fully saturated rings. The fraction of sp³-hybridized carbons (Fsp3) is 0.350. The largest absolute Gasteiger partial charge is 0.494 e. The highest BCUT2D eigenvalue weighted by molar-refractivity contribution is 7.91. The number of carbonyl (C=O) groups is 1. The molecule has 0 aromatic heterocycles. The number of urea groups is 1. The smallest absolute Gasteiger partial charge is 0.325 e. The van der Waals surface area contributed by atoms with E-state index in [-0.39, 0.29) is 30.1 Å². The lowest BCUT2D eigenvalue weighted by atomic mass is 10.1. The molecule has 2 amide bonds. The van der Waals surface area contributed by atoms with Gasteiger partial charge in [-0.05, 0) is 42.8 Å². The standard InChI is InChI=1S/C20H21ClN2O4S/c1-2-27-16-9-7-15(8-10-16)23-19-13-28(25,26)12-18(19)22(20(23)24)11-14-5-3-4-6-17(14)21/h3-10,18-19H,2,11-13H2,1H3/t18-,19+/m0/s1. The molecule has 2 heterocycles. The number of benzene rings is 2. The Morgan fingerprint density at radius 1 is 1.07 bits per heavy atom. The SMILES string of the molecule is CCOc1ccc(N2C(=O)N(Cc3ccccc3Cl)[C@H]3CS(=O)(=O)C[C@H]32)cc1. The van der Waals surface area contributed by atoms with E-state index in [0.717, 1.165) is 5.56 Å². The Morgan fingerprint density at radius 2 is 1.75 bits per heavy atom. The highest BCUT2D eigenvalue weighted by Crippen LogP contribution is 2.37. The van der Waals surface area contributed by atoms with Gasteiger partial charge in [-0.1, -0.05) is 29.8 Å². The molecule has 2 aromatic carbocycles. The van der Waals surface area contributed by atoms with Gasteiger partial charge in [0.15, 0.2) is 9.84 Å². The zero-order chi connectivity index (χ0) is 19.9. The van der Waals surface area contributed by atoms with E-state index in [9.17, 15) is 13.2 Å². The first-order valence-electron chi connectivity index (χ1n) is 9.16. The van der Waals surface area contributed by atoms with Crippen molar-refractivity contribution in [2.75, 3.05) is 23.0 Å². The maximum absolute atomic E-state index is 13.2. The van der Waals surface area contributed by atoms with E-state index in [0.29, 0.717) is 23.1 Å². The predicted octanol–water partition coefficient (Wildman–Crippen LogP) is 3.35. The summed E-state index contributed by atoms with van der Waals surface area (Å²) in [7, 11) is -3.22. The van der Waals surface area contributed by atoms with E-state index in [4.69, 9.17) is 16.3 Å². The number of hydrogen-bond donors (Lipinski definition) is 0. The van der Waals surface area contributed by atoms with Crippen molar-refractivity contribution in [3.05, 3.63) is 59.1 Å². The first-order chi connectivity index (χ1) is 13.4. The summed E-state index contributed by atoms with van der Waals surface area (Å²) in [6.45, 7) is 2.73. The molecule has 6 nitrogen and oxygen atoms in total. The fourth-order valence-corrected chi connectivity index (χ4v) is 6.09.